The van der Waals surface area contributed by atoms with Crippen LogP contribution in [-0.4, -0.2) is 72.7 Å². The third kappa shape index (κ3) is 3.95. The van der Waals surface area contributed by atoms with Gasteiger partial charge in [0, 0.05) is 10.8 Å². The summed E-state index contributed by atoms with van der Waals surface area (Å²) >= 11 is 0. The van der Waals surface area contributed by atoms with Crippen LogP contribution in [-0.2, 0) is 58.4 Å². The molecule has 16 atom stereocenters. The average Bonchev–Trinajstić information content (AvgIpc) is 3.56. The van der Waals surface area contributed by atoms with Crippen LogP contribution in [0.4, 0.5) is 0 Å². The van der Waals surface area contributed by atoms with Crippen LogP contribution in [0.1, 0.15) is 90.2 Å². The Bertz CT molecular complexity index is 1540. The molecule has 4 heterocycles. The number of ether oxygens (including phenoxy) is 6. The van der Waals surface area contributed by atoms with E-state index in [9.17, 15) is 19.2 Å². The van der Waals surface area contributed by atoms with Crippen LogP contribution in [0.3, 0.4) is 0 Å². The van der Waals surface area contributed by atoms with E-state index in [1.807, 2.05) is 0 Å². The highest BCUT2D eigenvalue weighted by molar-refractivity contribution is 5.97. The molecule has 12 rings (SSSR count). The minimum Gasteiger partial charge on any atom is -0.393 e. The standard InChI is InChI=1S/C42H50O10/c1-17(2)41-23-7-5-6-8-24(23)42(18(3)4,27-15-35-33(13-25(27)41)47-29-9-19-21(11-31(29)49-35)39(45)51-37(19)43)28-16-36-34(14-26(28)41)48-30-10-20-22(12-32(30)50-36)40(46)52-38(20)44/h5-8,17-22,25-36H,9-16H2,1-4H3. The van der Waals surface area contributed by atoms with Crippen molar-refractivity contribution < 1.29 is 47.6 Å². The van der Waals surface area contributed by atoms with Crippen molar-refractivity contribution in [1.82, 2.24) is 0 Å². The Morgan fingerprint density at radius 2 is 0.692 bits per heavy atom. The second-order valence-electron chi connectivity index (χ2n) is 18.8. The maximum atomic E-state index is 12.6. The van der Waals surface area contributed by atoms with E-state index in [2.05, 4.69) is 52.0 Å². The Hall–Kier alpha value is -2.66. The zero-order valence-corrected chi connectivity index (χ0v) is 30.4. The van der Waals surface area contributed by atoms with Crippen LogP contribution < -0.4 is 0 Å². The van der Waals surface area contributed by atoms with Crippen molar-refractivity contribution >= 4 is 23.9 Å². The minimum atomic E-state index is -0.433. The number of esters is 4. The molecule has 4 aliphatic heterocycles. The van der Waals surface area contributed by atoms with Gasteiger partial charge in [0.1, 0.15) is 0 Å². The SMILES string of the molecule is CC(C)C12c3ccccc3C(C(C)C)(C3CC4OC5CC6C(=O)OC(=O)C6CC5OC4CC31)C1CC3OC4CC5C(=O)OC(=O)C5CC4OC3CC12. The Morgan fingerprint density at radius 1 is 0.442 bits per heavy atom. The normalized spacial score (nSPS) is 52.3. The van der Waals surface area contributed by atoms with Crippen LogP contribution in [0.5, 0.6) is 0 Å². The molecule has 5 saturated carbocycles. The molecule has 2 bridgehead atoms. The van der Waals surface area contributed by atoms with Crippen LogP contribution in [0.15, 0.2) is 24.3 Å². The van der Waals surface area contributed by atoms with Gasteiger partial charge in [0.25, 0.3) is 0 Å². The maximum absolute atomic E-state index is 12.6. The molecule has 11 aliphatic rings. The average molecular weight is 715 g/mol. The summed E-state index contributed by atoms with van der Waals surface area (Å²) in [5, 5.41) is 0. The van der Waals surface area contributed by atoms with Gasteiger partial charge in [-0.25, -0.2) is 0 Å². The van der Waals surface area contributed by atoms with Crippen molar-refractivity contribution in [2.24, 2.45) is 59.2 Å². The molecule has 0 radical (unpaired) electrons. The van der Waals surface area contributed by atoms with Gasteiger partial charge < -0.3 is 28.4 Å². The van der Waals surface area contributed by atoms with E-state index < -0.39 is 47.5 Å². The predicted molar refractivity (Wildman–Crippen MR) is 181 cm³/mol. The fourth-order valence-corrected chi connectivity index (χ4v) is 15.2. The highest BCUT2D eigenvalue weighted by atomic mass is 16.6. The van der Waals surface area contributed by atoms with Crippen molar-refractivity contribution in [2.45, 2.75) is 139 Å². The molecule has 16 unspecified atom stereocenters. The first-order chi connectivity index (χ1) is 25.0. The number of hydrogen-bond donors (Lipinski definition) is 0. The third-order valence-corrected chi connectivity index (χ3v) is 16.7. The van der Waals surface area contributed by atoms with Crippen molar-refractivity contribution in [3.63, 3.8) is 0 Å². The molecule has 0 N–H and O–H groups in total. The number of hydrogen-bond acceptors (Lipinski definition) is 10. The van der Waals surface area contributed by atoms with E-state index in [0.717, 1.165) is 25.7 Å². The van der Waals surface area contributed by atoms with Gasteiger partial charge in [-0.3, -0.25) is 19.2 Å². The summed E-state index contributed by atoms with van der Waals surface area (Å²) in [4.78, 5) is 50.3. The Kier molecular flexibility index (Phi) is 6.91. The number of benzene rings is 1. The summed E-state index contributed by atoms with van der Waals surface area (Å²) in [6.45, 7) is 9.70. The van der Waals surface area contributed by atoms with Gasteiger partial charge in [0.2, 0.25) is 0 Å². The molecule has 10 nitrogen and oxygen atoms in total. The lowest BCUT2D eigenvalue weighted by atomic mass is 9.29. The number of cyclic esters (lactones) is 4. The molecular weight excluding hydrogens is 664 g/mol. The Morgan fingerprint density at radius 3 is 0.942 bits per heavy atom. The summed E-state index contributed by atoms with van der Waals surface area (Å²) < 4.78 is 38.3. The molecule has 0 aromatic heterocycles. The first-order valence-electron chi connectivity index (χ1n) is 20.2. The van der Waals surface area contributed by atoms with Gasteiger partial charge >= 0.3 is 23.9 Å². The van der Waals surface area contributed by atoms with Gasteiger partial charge in [-0.15, -0.1) is 0 Å². The van der Waals surface area contributed by atoms with E-state index >= 15 is 0 Å². The highest BCUT2D eigenvalue weighted by Crippen LogP contribution is 2.76. The molecule has 278 valence electrons. The molecule has 9 fully saturated rings. The monoisotopic (exact) mass is 714 g/mol. The van der Waals surface area contributed by atoms with Gasteiger partial charge in [0.15, 0.2) is 0 Å². The minimum absolute atomic E-state index is 0.0765. The molecule has 0 spiro atoms. The van der Waals surface area contributed by atoms with E-state index in [1.54, 1.807) is 0 Å². The molecule has 1 aromatic carbocycles. The van der Waals surface area contributed by atoms with Crippen molar-refractivity contribution in [2.75, 3.05) is 0 Å². The second kappa shape index (κ2) is 11.0. The predicted octanol–water partition coefficient (Wildman–Crippen LogP) is 4.82. The van der Waals surface area contributed by atoms with E-state index in [1.165, 1.54) is 11.1 Å². The summed E-state index contributed by atoms with van der Waals surface area (Å²) in [7, 11) is 0. The quantitative estimate of drug-likeness (QED) is 0.312. The number of carbonyl (C=O) groups excluding carboxylic acids is 4. The fraction of sp³-hybridized carbons (Fsp3) is 0.762. The zero-order valence-electron chi connectivity index (χ0n) is 30.4. The highest BCUT2D eigenvalue weighted by Gasteiger charge is 2.75. The van der Waals surface area contributed by atoms with Crippen LogP contribution in [0.2, 0.25) is 0 Å². The van der Waals surface area contributed by atoms with E-state index in [4.69, 9.17) is 28.4 Å². The fourth-order valence-electron chi connectivity index (χ4n) is 15.2. The Balaban J connectivity index is 0.979. The molecule has 4 saturated heterocycles. The first-order valence-corrected chi connectivity index (χ1v) is 20.2. The number of rotatable bonds is 2. The zero-order chi connectivity index (χ0) is 35.6. The van der Waals surface area contributed by atoms with Gasteiger partial charge in [-0.2, -0.15) is 0 Å². The molecule has 7 aliphatic carbocycles. The molecule has 1 aromatic rings. The smallest absolute Gasteiger partial charge is 0.317 e. The van der Waals surface area contributed by atoms with Crippen molar-refractivity contribution in [3.05, 3.63) is 35.4 Å². The maximum Gasteiger partial charge on any atom is 0.317 e. The summed E-state index contributed by atoms with van der Waals surface area (Å²) in [6, 6.07) is 9.31. The molecule has 10 heteroatoms. The van der Waals surface area contributed by atoms with Crippen LogP contribution >= 0.6 is 0 Å². The van der Waals surface area contributed by atoms with Gasteiger partial charge in [-0.05, 0) is 98.0 Å². The lowest BCUT2D eigenvalue weighted by Gasteiger charge is -2.76. The first kappa shape index (κ1) is 32.7. The van der Waals surface area contributed by atoms with Gasteiger partial charge in [-0.1, -0.05) is 52.0 Å². The van der Waals surface area contributed by atoms with Gasteiger partial charge in [0.05, 0.1) is 72.5 Å². The lowest BCUT2D eigenvalue weighted by Crippen LogP contribution is -2.76. The van der Waals surface area contributed by atoms with Crippen LogP contribution in [0.25, 0.3) is 0 Å². The molecular formula is C42H50O10. The number of carbonyl (C=O) groups is 4. The number of fused-ring (bicyclic) bond motifs is 6. The van der Waals surface area contributed by atoms with Crippen LogP contribution in [0, 0.1) is 59.2 Å². The topological polar surface area (TPSA) is 124 Å². The van der Waals surface area contributed by atoms with Crippen molar-refractivity contribution in [1.29, 1.82) is 0 Å². The molecule has 52 heavy (non-hydrogen) atoms. The summed E-state index contributed by atoms with van der Waals surface area (Å²) in [6.07, 6.45) is 4.33. The second-order valence-corrected chi connectivity index (χ2v) is 18.8. The van der Waals surface area contributed by atoms with Crippen molar-refractivity contribution in [3.8, 4) is 0 Å². The molecule has 0 amide bonds. The van der Waals surface area contributed by atoms with E-state index in [-0.39, 0.29) is 59.7 Å². The summed E-state index contributed by atoms with van der Waals surface area (Å²) in [5.41, 5.74) is 2.78. The summed E-state index contributed by atoms with van der Waals surface area (Å²) in [5.74, 6) is -1.20. The third-order valence-electron chi connectivity index (χ3n) is 16.7. The Labute approximate surface area is 304 Å². The largest absolute Gasteiger partial charge is 0.393 e. The van der Waals surface area contributed by atoms with E-state index in [0.29, 0.717) is 61.2 Å². The lowest BCUT2D eigenvalue weighted by molar-refractivity contribution is -0.298.